The lowest BCUT2D eigenvalue weighted by molar-refractivity contribution is -0.438. The van der Waals surface area contributed by atoms with Gasteiger partial charge in [0.15, 0.2) is 5.71 Å². The van der Waals surface area contributed by atoms with E-state index in [1.54, 1.807) is 0 Å². The van der Waals surface area contributed by atoms with Gasteiger partial charge in [0, 0.05) is 58.1 Å². The van der Waals surface area contributed by atoms with Crippen molar-refractivity contribution in [3.05, 3.63) is 130 Å². The third-order valence-corrected chi connectivity index (χ3v) is 14.6. The van der Waals surface area contributed by atoms with Crippen LogP contribution in [0.4, 0.5) is 11.4 Å². The van der Waals surface area contributed by atoms with E-state index in [-0.39, 0.29) is 10.8 Å². The van der Waals surface area contributed by atoms with E-state index in [9.17, 15) is 0 Å². The van der Waals surface area contributed by atoms with Crippen LogP contribution in [0, 0.1) is 5.92 Å². The number of fused-ring (bicyclic) bond motifs is 6. The lowest BCUT2D eigenvalue weighted by Crippen LogP contribution is -2.28. The number of rotatable bonds is 16. The summed E-state index contributed by atoms with van der Waals surface area (Å²) >= 11 is 2.15. The number of allylic oxidation sites excluding steroid dienone is 7. The fraction of sp³-hybridized carbons (Fsp3) is 0.453. The molecule has 0 radical (unpaired) electrons. The first kappa shape index (κ1) is 40.4. The van der Waals surface area contributed by atoms with Crippen LogP contribution < -0.4 is 4.90 Å². The number of benzene rings is 4. The Bertz CT molecular complexity index is 2220. The SMILES string of the molecule is CCCCC(CC)CSC1=C(/C=C/C2=[N+](CCCC)c3ccc4ccccc4c3C2(C)C)CC/C1=C\C=C1\N(CCCC)c2ccc3ccccc3c2C1(C)C. The molecule has 56 heavy (non-hydrogen) atoms. The van der Waals surface area contributed by atoms with Crippen LogP contribution in [0.25, 0.3) is 21.5 Å². The van der Waals surface area contributed by atoms with Crippen molar-refractivity contribution >= 4 is 50.4 Å². The highest BCUT2D eigenvalue weighted by atomic mass is 32.2. The third-order valence-electron chi connectivity index (χ3n) is 13.1. The second kappa shape index (κ2) is 17.4. The van der Waals surface area contributed by atoms with E-state index in [2.05, 4.69) is 174 Å². The van der Waals surface area contributed by atoms with Crippen molar-refractivity contribution in [2.24, 2.45) is 5.92 Å². The molecule has 4 aromatic rings. The number of hydrogen-bond acceptors (Lipinski definition) is 2. The van der Waals surface area contributed by atoms with Gasteiger partial charge in [-0.3, -0.25) is 0 Å². The Morgan fingerprint density at radius 1 is 0.714 bits per heavy atom. The summed E-state index contributed by atoms with van der Waals surface area (Å²) in [7, 11) is 0. The maximum absolute atomic E-state index is 2.65. The quantitative estimate of drug-likeness (QED) is 0.105. The van der Waals surface area contributed by atoms with Crippen LogP contribution in [-0.4, -0.2) is 29.1 Å². The van der Waals surface area contributed by atoms with E-state index in [0.29, 0.717) is 0 Å². The number of hydrogen-bond donors (Lipinski definition) is 0. The van der Waals surface area contributed by atoms with Gasteiger partial charge in [0.2, 0.25) is 5.69 Å². The highest BCUT2D eigenvalue weighted by Gasteiger charge is 2.45. The first-order chi connectivity index (χ1) is 27.1. The summed E-state index contributed by atoms with van der Waals surface area (Å²) in [6.07, 6.45) is 22.3. The van der Waals surface area contributed by atoms with Crippen LogP contribution in [0.3, 0.4) is 0 Å². The molecule has 1 atom stereocenters. The number of unbranched alkanes of at least 4 members (excludes halogenated alkanes) is 3. The Hall–Kier alpha value is -3.82. The number of thioether (sulfide) groups is 1. The van der Waals surface area contributed by atoms with Crippen LogP contribution in [0.15, 0.2) is 119 Å². The first-order valence-corrected chi connectivity index (χ1v) is 23.1. The van der Waals surface area contributed by atoms with E-state index in [4.69, 9.17) is 0 Å². The van der Waals surface area contributed by atoms with Gasteiger partial charge in [-0.05, 0) is 102 Å². The van der Waals surface area contributed by atoms with E-state index in [1.165, 1.54) is 129 Å². The minimum absolute atomic E-state index is 0.0847. The third kappa shape index (κ3) is 7.62. The molecule has 0 saturated heterocycles. The van der Waals surface area contributed by atoms with Crippen LogP contribution in [0.2, 0.25) is 0 Å². The second-order valence-electron chi connectivity index (χ2n) is 17.7. The Morgan fingerprint density at radius 3 is 2.09 bits per heavy atom. The van der Waals surface area contributed by atoms with E-state index in [1.807, 2.05) is 0 Å². The minimum Gasteiger partial charge on any atom is -0.344 e. The van der Waals surface area contributed by atoms with Gasteiger partial charge in [0.25, 0.3) is 0 Å². The van der Waals surface area contributed by atoms with Crippen LogP contribution in [-0.2, 0) is 10.8 Å². The zero-order chi connectivity index (χ0) is 39.5. The maximum atomic E-state index is 2.65. The van der Waals surface area contributed by atoms with Crippen LogP contribution >= 0.6 is 11.8 Å². The molecule has 2 nitrogen and oxygen atoms in total. The molecule has 1 unspecified atom stereocenters. The summed E-state index contributed by atoms with van der Waals surface area (Å²) in [5.74, 6) is 1.96. The topological polar surface area (TPSA) is 6.25 Å². The van der Waals surface area contributed by atoms with Gasteiger partial charge in [-0.25, -0.2) is 0 Å². The van der Waals surface area contributed by atoms with Crippen LogP contribution in [0.5, 0.6) is 0 Å². The predicted octanol–water partition coefficient (Wildman–Crippen LogP) is 15.1. The summed E-state index contributed by atoms with van der Waals surface area (Å²) in [5, 5.41) is 5.46. The predicted molar refractivity (Wildman–Crippen MR) is 248 cm³/mol. The first-order valence-electron chi connectivity index (χ1n) is 22.1. The lowest BCUT2D eigenvalue weighted by Gasteiger charge is -2.27. The molecule has 0 bridgehead atoms. The van der Waals surface area contributed by atoms with E-state index < -0.39 is 0 Å². The molecule has 294 valence electrons. The van der Waals surface area contributed by atoms with Gasteiger partial charge in [0.05, 0.1) is 5.41 Å². The fourth-order valence-corrected chi connectivity index (χ4v) is 11.4. The molecule has 7 rings (SSSR count). The van der Waals surface area contributed by atoms with Crippen molar-refractivity contribution in [2.75, 3.05) is 23.7 Å². The Labute approximate surface area is 343 Å². The average Bonchev–Trinajstić information content (AvgIpc) is 3.77. The van der Waals surface area contributed by atoms with Gasteiger partial charge >= 0.3 is 0 Å². The van der Waals surface area contributed by atoms with Crippen LogP contribution in [0.1, 0.15) is 131 Å². The standard InChI is InChI=1S/C53H67N2S/c1-9-13-20-38(12-4)37-56-51-41(29-33-47-52(5,6)49-43-23-18-16-21-39(43)27-31-45(49)54(47)35-14-10-2)25-26-42(51)30-34-48-53(7,8)50-44-24-19-17-22-40(44)28-32-46(50)55(48)36-15-11-3/h16-19,21-24,27-34,38H,9-15,20,25-26,35-37H2,1-8H3/q+1. The van der Waals surface area contributed by atoms with Crippen molar-refractivity contribution in [2.45, 2.75) is 130 Å². The highest BCUT2D eigenvalue weighted by molar-refractivity contribution is 8.03. The molecule has 2 heterocycles. The molecule has 0 amide bonds. The van der Waals surface area contributed by atoms with Crippen molar-refractivity contribution < 1.29 is 4.58 Å². The van der Waals surface area contributed by atoms with E-state index >= 15 is 0 Å². The molecule has 0 aromatic heterocycles. The minimum atomic E-state index is -0.0847. The van der Waals surface area contributed by atoms with Gasteiger partial charge in [-0.2, -0.15) is 4.58 Å². The molecule has 2 aliphatic heterocycles. The molecule has 3 aliphatic rings. The smallest absolute Gasteiger partial charge is 0.210 e. The van der Waals surface area contributed by atoms with Crippen molar-refractivity contribution in [3.8, 4) is 0 Å². The zero-order valence-corrected chi connectivity index (χ0v) is 36.6. The summed E-state index contributed by atoms with van der Waals surface area (Å²) in [6.45, 7) is 21.3. The highest BCUT2D eigenvalue weighted by Crippen LogP contribution is 2.51. The molecule has 0 N–H and O–H groups in total. The zero-order valence-electron chi connectivity index (χ0n) is 35.8. The number of anilines is 1. The molecule has 1 aliphatic carbocycles. The Balaban J connectivity index is 1.30. The molecular formula is C53H67N2S+. The summed E-state index contributed by atoms with van der Waals surface area (Å²) in [5.41, 5.74) is 11.5. The summed E-state index contributed by atoms with van der Waals surface area (Å²) in [6, 6.07) is 27.4. The fourth-order valence-electron chi connectivity index (χ4n) is 9.85. The molecular weight excluding hydrogens is 697 g/mol. The monoisotopic (exact) mass is 764 g/mol. The van der Waals surface area contributed by atoms with Crippen molar-refractivity contribution in [1.82, 2.24) is 0 Å². The maximum Gasteiger partial charge on any atom is 0.210 e. The molecule has 0 spiro atoms. The molecule has 0 saturated carbocycles. The summed E-state index contributed by atoms with van der Waals surface area (Å²) < 4.78 is 2.65. The second-order valence-corrected chi connectivity index (χ2v) is 18.7. The Morgan fingerprint density at radius 2 is 1.39 bits per heavy atom. The largest absolute Gasteiger partial charge is 0.344 e. The summed E-state index contributed by atoms with van der Waals surface area (Å²) in [4.78, 5) is 4.18. The van der Waals surface area contributed by atoms with Gasteiger partial charge in [-0.15, -0.1) is 11.8 Å². The van der Waals surface area contributed by atoms with Crippen molar-refractivity contribution in [1.29, 1.82) is 0 Å². The lowest BCUT2D eigenvalue weighted by atomic mass is 9.79. The Kier molecular flexibility index (Phi) is 12.5. The number of nitrogens with zero attached hydrogens (tertiary/aromatic N) is 2. The molecule has 3 heteroatoms. The molecule has 4 aromatic carbocycles. The van der Waals surface area contributed by atoms with Gasteiger partial charge < -0.3 is 4.90 Å². The van der Waals surface area contributed by atoms with Gasteiger partial charge in [-0.1, -0.05) is 140 Å². The van der Waals surface area contributed by atoms with Crippen molar-refractivity contribution in [3.63, 3.8) is 0 Å². The molecule has 0 fully saturated rings. The van der Waals surface area contributed by atoms with Gasteiger partial charge in [0.1, 0.15) is 6.54 Å². The normalized spacial score (nSPS) is 19.5. The average molecular weight is 764 g/mol. The van der Waals surface area contributed by atoms with E-state index in [0.717, 1.165) is 31.8 Å².